The Kier molecular flexibility index (Phi) is 20.4. The Bertz CT molecular complexity index is 670. The predicted octanol–water partition coefficient (Wildman–Crippen LogP) is 8.64. The van der Waals surface area contributed by atoms with Crippen LogP contribution in [0.4, 0.5) is 0 Å². The molecule has 0 aromatic carbocycles. The van der Waals surface area contributed by atoms with Crippen LogP contribution in [0.5, 0.6) is 0 Å². The highest BCUT2D eigenvalue weighted by molar-refractivity contribution is 6.74. The van der Waals surface area contributed by atoms with E-state index in [1.54, 1.807) is 0 Å². The second-order valence-corrected chi connectivity index (χ2v) is 15.8. The first kappa shape index (κ1) is 32.8. The van der Waals surface area contributed by atoms with Crippen LogP contribution in [-0.4, -0.2) is 26.1 Å². The highest BCUT2D eigenvalue weighted by Crippen LogP contribution is 2.36. The summed E-state index contributed by atoms with van der Waals surface area (Å²) in [4.78, 5) is 0. The van der Waals surface area contributed by atoms with Crippen molar-refractivity contribution in [2.75, 3.05) is 6.61 Å². The highest BCUT2D eigenvalue weighted by Gasteiger charge is 2.36. The van der Waals surface area contributed by atoms with Gasteiger partial charge in [-0.05, 0) is 55.7 Å². The Morgan fingerprint density at radius 3 is 1.74 bits per heavy atom. The molecule has 1 N–H and O–H groups in total. The molecule has 0 aromatic heterocycles. The summed E-state index contributed by atoms with van der Waals surface area (Å²) in [6, 6.07) is 0. The second-order valence-electron chi connectivity index (χ2n) is 11.0. The van der Waals surface area contributed by atoms with Crippen LogP contribution < -0.4 is 0 Å². The molecular formula is C31H54O2Si. The quantitative estimate of drug-likeness (QED) is 0.127. The SMILES string of the molecule is CCCCCCCCC#CCCCCCCCCC[C@@H](O)C#CC#CCO[Si](C)(C)C(C)(C)C. The standard InChI is InChI=1S/C31H54O2Si/c1-7-8-9-10-11-12-13-14-15-16-17-18-19-20-21-22-24-27-30(32)28-25-23-26-29-33-34(5,6)31(2,3)4/h30,32H,7-13,16-22,24,27,29H2,1-6H3/t30-/m1/s1. The molecule has 0 radical (unpaired) electrons. The first-order valence-corrected chi connectivity index (χ1v) is 16.9. The van der Waals surface area contributed by atoms with Crippen LogP contribution in [0, 0.1) is 35.5 Å². The first-order chi connectivity index (χ1) is 16.2. The molecule has 3 heteroatoms. The normalized spacial score (nSPS) is 12.1. The molecule has 0 fully saturated rings. The molecule has 194 valence electrons. The summed E-state index contributed by atoms with van der Waals surface area (Å²) in [7, 11) is -1.74. The first-order valence-electron chi connectivity index (χ1n) is 14.0. The molecule has 0 saturated heterocycles. The Morgan fingerprint density at radius 1 is 0.706 bits per heavy atom. The molecule has 0 aliphatic heterocycles. The lowest BCUT2D eigenvalue weighted by molar-refractivity contribution is 0.217. The minimum absolute atomic E-state index is 0.192. The van der Waals surface area contributed by atoms with Crippen molar-refractivity contribution in [2.45, 2.75) is 155 Å². The van der Waals surface area contributed by atoms with Crippen molar-refractivity contribution >= 4 is 8.32 Å². The number of rotatable bonds is 17. The zero-order valence-corrected chi connectivity index (χ0v) is 24.5. The van der Waals surface area contributed by atoms with E-state index >= 15 is 0 Å². The summed E-state index contributed by atoms with van der Waals surface area (Å²) >= 11 is 0. The molecule has 0 aliphatic carbocycles. The van der Waals surface area contributed by atoms with E-state index in [9.17, 15) is 5.11 Å². The number of unbranched alkanes of at least 4 members (excludes halogenated alkanes) is 13. The summed E-state index contributed by atoms with van der Waals surface area (Å²) in [6.07, 6.45) is 19.0. The molecule has 0 spiro atoms. The number of aliphatic hydroxyl groups excluding tert-OH is 1. The highest BCUT2D eigenvalue weighted by atomic mass is 28.4. The summed E-state index contributed by atoms with van der Waals surface area (Å²) in [5, 5.41) is 10.2. The molecule has 0 heterocycles. The van der Waals surface area contributed by atoms with E-state index in [-0.39, 0.29) is 5.04 Å². The molecule has 0 rings (SSSR count). The van der Waals surface area contributed by atoms with Crippen LogP contribution in [0.3, 0.4) is 0 Å². The summed E-state index contributed by atoms with van der Waals surface area (Å²) in [6.45, 7) is 13.8. The van der Waals surface area contributed by atoms with E-state index < -0.39 is 14.4 Å². The van der Waals surface area contributed by atoms with E-state index in [2.05, 4.69) is 76.3 Å². The monoisotopic (exact) mass is 486 g/mol. The zero-order valence-electron chi connectivity index (χ0n) is 23.5. The van der Waals surface area contributed by atoms with Gasteiger partial charge >= 0.3 is 0 Å². The smallest absolute Gasteiger partial charge is 0.193 e. The molecule has 34 heavy (non-hydrogen) atoms. The third kappa shape index (κ3) is 20.2. The molecule has 1 atom stereocenters. The molecule has 0 amide bonds. The lowest BCUT2D eigenvalue weighted by Gasteiger charge is -2.35. The fraction of sp³-hybridized carbons (Fsp3) is 0.806. The topological polar surface area (TPSA) is 29.5 Å². The average molecular weight is 487 g/mol. The van der Waals surface area contributed by atoms with Gasteiger partial charge in [0.2, 0.25) is 0 Å². The maximum atomic E-state index is 9.99. The van der Waals surface area contributed by atoms with Crippen molar-refractivity contribution in [3.8, 4) is 35.5 Å². The van der Waals surface area contributed by atoms with Gasteiger partial charge < -0.3 is 9.53 Å². The average Bonchev–Trinajstić information content (AvgIpc) is 2.77. The van der Waals surface area contributed by atoms with Gasteiger partial charge in [-0.15, -0.1) is 11.8 Å². The Labute approximate surface area is 214 Å². The van der Waals surface area contributed by atoms with Crippen LogP contribution in [0.15, 0.2) is 0 Å². The number of hydrogen-bond donors (Lipinski definition) is 1. The van der Waals surface area contributed by atoms with Crippen LogP contribution in [0.2, 0.25) is 18.1 Å². The molecule has 0 bridgehead atoms. The van der Waals surface area contributed by atoms with Crippen molar-refractivity contribution in [3.05, 3.63) is 0 Å². The Hall–Kier alpha value is -1.18. The molecular weight excluding hydrogens is 432 g/mol. The van der Waals surface area contributed by atoms with Crippen LogP contribution in [0.1, 0.15) is 130 Å². The maximum absolute atomic E-state index is 9.99. The van der Waals surface area contributed by atoms with Gasteiger partial charge in [0.15, 0.2) is 8.32 Å². The van der Waals surface area contributed by atoms with Crippen molar-refractivity contribution in [3.63, 3.8) is 0 Å². The Balaban J connectivity index is 3.58. The fourth-order valence-corrected chi connectivity index (χ4v) is 4.18. The lowest BCUT2D eigenvalue weighted by Crippen LogP contribution is -2.40. The van der Waals surface area contributed by atoms with Gasteiger partial charge in [-0.3, -0.25) is 0 Å². The van der Waals surface area contributed by atoms with E-state index in [0.717, 1.165) is 25.7 Å². The van der Waals surface area contributed by atoms with Gasteiger partial charge in [-0.25, -0.2) is 0 Å². The second kappa shape index (κ2) is 21.1. The van der Waals surface area contributed by atoms with Crippen LogP contribution in [0.25, 0.3) is 0 Å². The third-order valence-electron chi connectivity index (χ3n) is 6.76. The van der Waals surface area contributed by atoms with Crippen molar-refractivity contribution in [2.24, 2.45) is 0 Å². The maximum Gasteiger partial charge on any atom is 0.193 e. The van der Waals surface area contributed by atoms with Crippen molar-refractivity contribution < 1.29 is 9.53 Å². The fourth-order valence-electron chi connectivity index (χ4n) is 3.31. The van der Waals surface area contributed by atoms with Gasteiger partial charge in [0.1, 0.15) is 6.10 Å². The van der Waals surface area contributed by atoms with Gasteiger partial charge in [0.05, 0.1) is 6.61 Å². The van der Waals surface area contributed by atoms with E-state index in [1.807, 2.05) is 0 Å². The van der Waals surface area contributed by atoms with Crippen molar-refractivity contribution in [1.82, 2.24) is 0 Å². The minimum Gasteiger partial charge on any atom is -0.406 e. The number of aliphatic hydroxyl groups is 1. The summed E-state index contributed by atoms with van der Waals surface area (Å²) in [5.41, 5.74) is 0. The predicted molar refractivity (Wildman–Crippen MR) is 152 cm³/mol. The summed E-state index contributed by atoms with van der Waals surface area (Å²) in [5.74, 6) is 18.1. The molecule has 0 aromatic rings. The Morgan fingerprint density at radius 2 is 1.21 bits per heavy atom. The molecule has 0 unspecified atom stereocenters. The minimum atomic E-state index is -1.74. The van der Waals surface area contributed by atoms with Crippen LogP contribution >= 0.6 is 0 Å². The lowest BCUT2D eigenvalue weighted by atomic mass is 10.1. The van der Waals surface area contributed by atoms with Gasteiger partial charge in [-0.1, -0.05) is 104 Å². The van der Waals surface area contributed by atoms with Gasteiger partial charge in [0.25, 0.3) is 0 Å². The van der Waals surface area contributed by atoms with Crippen LogP contribution in [-0.2, 0) is 4.43 Å². The molecule has 2 nitrogen and oxygen atoms in total. The third-order valence-corrected chi connectivity index (χ3v) is 11.2. The van der Waals surface area contributed by atoms with E-state index in [1.165, 1.54) is 77.0 Å². The van der Waals surface area contributed by atoms with Gasteiger partial charge in [0, 0.05) is 12.8 Å². The number of hydrogen-bond acceptors (Lipinski definition) is 2. The molecule has 0 aliphatic rings. The van der Waals surface area contributed by atoms with Crippen molar-refractivity contribution in [1.29, 1.82) is 0 Å². The zero-order chi connectivity index (χ0) is 25.5. The summed E-state index contributed by atoms with van der Waals surface area (Å²) < 4.78 is 6.00. The molecule has 0 saturated carbocycles. The van der Waals surface area contributed by atoms with Gasteiger partial charge in [-0.2, -0.15) is 0 Å². The largest absolute Gasteiger partial charge is 0.406 e. The van der Waals surface area contributed by atoms with E-state index in [4.69, 9.17) is 4.43 Å². The van der Waals surface area contributed by atoms with E-state index in [0.29, 0.717) is 6.61 Å².